The van der Waals surface area contributed by atoms with Crippen LogP contribution in [0.4, 0.5) is 13.2 Å². The lowest BCUT2D eigenvalue weighted by molar-refractivity contribution is -0.279. The van der Waals surface area contributed by atoms with Gasteiger partial charge in [-0.3, -0.25) is 4.79 Å². The van der Waals surface area contributed by atoms with Crippen molar-refractivity contribution in [1.82, 2.24) is 0 Å². The summed E-state index contributed by atoms with van der Waals surface area (Å²) in [5.41, 5.74) is -3.68. The van der Waals surface area contributed by atoms with Gasteiger partial charge in [0.25, 0.3) is 5.60 Å². The highest BCUT2D eigenvalue weighted by Gasteiger charge is 2.64. The Kier molecular flexibility index (Phi) is 15.6. The molecule has 226 valence electrons. The van der Waals surface area contributed by atoms with E-state index in [1.807, 2.05) is 0 Å². The molecule has 0 bridgehead atoms. The van der Waals surface area contributed by atoms with Crippen molar-refractivity contribution in [3.05, 3.63) is 47.5 Å². The van der Waals surface area contributed by atoms with E-state index in [1.165, 1.54) is 44.0 Å². The minimum Gasteiger partial charge on any atom is -0.462 e. The Balaban J connectivity index is 2.84. The highest BCUT2D eigenvalue weighted by Crippen LogP contribution is 2.43. The average Bonchev–Trinajstić information content (AvgIpc) is 2.91. The van der Waals surface area contributed by atoms with Crippen molar-refractivity contribution in [2.24, 2.45) is 5.92 Å². The quantitative estimate of drug-likeness (QED) is 0.0824. The standard InChI is InChI=1S/C30H43F3O7/c1-6-23(4)27(35)39-21-25(20-38-26(34)19-15-10-8-7-9-12-16-22(2)3)40-28(36)29(37-5,30(31,32)33)24-17-13-11-14-18-24/h6,11,13-14,17-18,22,25H,7-10,12,15-16,19-21H2,1-5H3/b23-6-/t25-,29+/m0/s1. The van der Waals surface area contributed by atoms with Gasteiger partial charge < -0.3 is 18.9 Å². The van der Waals surface area contributed by atoms with Crippen LogP contribution in [0.25, 0.3) is 0 Å². The molecule has 1 rings (SSSR count). The molecule has 0 spiro atoms. The normalized spacial score (nSPS) is 14.4. The Morgan fingerprint density at radius 3 is 2.02 bits per heavy atom. The van der Waals surface area contributed by atoms with Gasteiger partial charge in [0.15, 0.2) is 6.10 Å². The zero-order valence-corrected chi connectivity index (χ0v) is 24.2. The van der Waals surface area contributed by atoms with Gasteiger partial charge in [0.2, 0.25) is 0 Å². The fraction of sp³-hybridized carbons (Fsp3) is 0.633. The third-order valence-electron chi connectivity index (χ3n) is 6.44. The number of rotatable bonds is 18. The first-order valence-electron chi connectivity index (χ1n) is 13.7. The van der Waals surface area contributed by atoms with Gasteiger partial charge in [-0.15, -0.1) is 0 Å². The van der Waals surface area contributed by atoms with Crippen molar-refractivity contribution in [2.45, 2.75) is 96.9 Å². The SMILES string of the molecule is C/C=C(/C)C(=O)OC[C@H](COC(=O)CCCCCCCCC(C)C)OC(=O)[C@](OC)(c1ccccc1)C(F)(F)F. The van der Waals surface area contributed by atoms with Gasteiger partial charge in [-0.1, -0.05) is 88.8 Å². The molecule has 0 heterocycles. The molecule has 0 amide bonds. The molecule has 1 aromatic carbocycles. The summed E-state index contributed by atoms with van der Waals surface area (Å²) in [7, 11) is 0.747. The van der Waals surface area contributed by atoms with Gasteiger partial charge in [-0.25, -0.2) is 9.59 Å². The zero-order chi connectivity index (χ0) is 30.2. The van der Waals surface area contributed by atoms with E-state index in [-0.39, 0.29) is 12.0 Å². The van der Waals surface area contributed by atoms with Crippen LogP contribution in [0.3, 0.4) is 0 Å². The van der Waals surface area contributed by atoms with Crippen molar-refractivity contribution in [3.8, 4) is 0 Å². The number of allylic oxidation sites excluding steroid dienone is 1. The van der Waals surface area contributed by atoms with Crippen LogP contribution in [-0.2, 0) is 38.9 Å². The molecule has 40 heavy (non-hydrogen) atoms. The van der Waals surface area contributed by atoms with E-state index in [4.69, 9.17) is 18.9 Å². The monoisotopic (exact) mass is 572 g/mol. The van der Waals surface area contributed by atoms with Crippen molar-refractivity contribution < 1.29 is 46.5 Å². The topological polar surface area (TPSA) is 88.1 Å². The molecule has 0 fully saturated rings. The third kappa shape index (κ3) is 11.3. The molecule has 0 saturated heterocycles. The lowest BCUT2D eigenvalue weighted by Crippen LogP contribution is -2.53. The number of carbonyl (C=O) groups excluding carboxylic acids is 3. The molecular weight excluding hydrogens is 529 g/mol. The van der Waals surface area contributed by atoms with E-state index in [2.05, 4.69) is 13.8 Å². The molecule has 7 nitrogen and oxygen atoms in total. The van der Waals surface area contributed by atoms with Gasteiger partial charge >= 0.3 is 24.1 Å². The summed E-state index contributed by atoms with van der Waals surface area (Å²) in [6.45, 7) is 6.27. The van der Waals surface area contributed by atoms with Gasteiger partial charge in [0.05, 0.1) is 0 Å². The van der Waals surface area contributed by atoms with Crippen molar-refractivity contribution in [3.63, 3.8) is 0 Å². The van der Waals surface area contributed by atoms with Gasteiger partial charge in [-0.05, 0) is 26.2 Å². The minimum atomic E-state index is -5.19. The van der Waals surface area contributed by atoms with Crippen LogP contribution in [-0.4, -0.2) is 50.5 Å². The number of hydrogen-bond donors (Lipinski definition) is 0. The molecule has 0 aliphatic carbocycles. The van der Waals surface area contributed by atoms with Crippen LogP contribution in [0.2, 0.25) is 0 Å². The van der Waals surface area contributed by atoms with Crippen molar-refractivity contribution in [2.75, 3.05) is 20.3 Å². The van der Waals surface area contributed by atoms with Gasteiger partial charge in [-0.2, -0.15) is 13.2 Å². The number of methoxy groups -OCH3 is 1. The average molecular weight is 573 g/mol. The first-order chi connectivity index (χ1) is 18.9. The fourth-order valence-electron chi connectivity index (χ4n) is 3.92. The molecule has 0 aliphatic heterocycles. The molecule has 0 aromatic heterocycles. The van der Waals surface area contributed by atoms with E-state index in [9.17, 15) is 27.6 Å². The van der Waals surface area contributed by atoms with Gasteiger partial charge in [0.1, 0.15) is 13.2 Å². The van der Waals surface area contributed by atoms with Crippen LogP contribution in [0.1, 0.15) is 84.6 Å². The van der Waals surface area contributed by atoms with Crippen LogP contribution in [0.15, 0.2) is 42.0 Å². The Labute approximate surface area is 235 Å². The van der Waals surface area contributed by atoms with Gasteiger partial charge in [0, 0.05) is 24.7 Å². The Bertz CT molecular complexity index is 944. The van der Waals surface area contributed by atoms with E-state index >= 15 is 0 Å². The predicted molar refractivity (Wildman–Crippen MR) is 144 cm³/mol. The van der Waals surface area contributed by atoms with E-state index in [0.29, 0.717) is 12.3 Å². The molecule has 2 atom stereocenters. The summed E-state index contributed by atoms with van der Waals surface area (Å²) >= 11 is 0. The number of ether oxygens (including phenoxy) is 4. The number of alkyl halides is 3. The maximum absolute atomic E-state index is 14.2. The summed E-state index contributed by atoms with van der Waals surface area (Å²) in [5.74, 6) is -2.42. The number of unbranched alkanes of at least 4 members (excludes halogenated alkanes) is 5. The summed E-state index contributed by atoms with van der Waals surface area (Å²) in [4.78, 5) is 37.4. The number of carbonyl (C=O) groups is 3. The molecule has 0 saturated carbocycles. The number of esters is 3. The number of hydrogen-bond acceptors (Lipinski definition) is 7. The lowest BCUT2D eigenvalue weighted by Gasteiger charge is -2.33. The Morgan fingerprint density at radius 1 is 0.900 bits per heavy atom. The Morgan fingerprint density at radius 2 is 1.48 bits per heavy atom. The molecule has 10 heteroatoms. The maximum atomic E-state index is 14.2. The summed E-state index contributed by atoms with van der Waals surface area (Å²) < 4.78 is 62.9. The molecule has 0 radical (unpaired) electrons. The highest BCUT2D eigenvalue weighted by molar-refractivity contribution is 5.87. The second kappa shape index (κ2) is 17.7. The maximum Gasteiger partial charge on any atom is 0.432 e. The Hall–Kier alpha value is -2.88. The third-order valence-corrected chi connectivity index (χ3v) is 6.44. The molecular formula is C30H43F3O7. The highest BCUT2D eigenvalue weighted by atomic mass is 19.4. The fourth-order valence-corrected chi connectivity index (χ4v) is 3.92. The van der Waals surface area contributed by atoms with E-state index < -0.39 is 54.6 Å². The first kappa shape index (κ1) is 35.1. The molecule has 0 unspecified atom stereocenters. The molecule has 0 aliphatic rings. The van der Waals surface area contributed by atoms with E-state index in [1.54, 1.807) is 6.92 Å². The molecule has 1 aromatic rings. The predicted octanol–water partition coefficient (Wildman–Crippen LogP) is 6.83. The summed E-state index contributed by atoms with van der Waals surface area (Å²) in [5, 5.41) is 0. The minimum absolute atomic E-state index is 0.110. The first-order valence-corrected chi connectivity index (χ1v) is 13.7. The van der Waals surface area contributed by atoms with E-state index in [0.717, 1.165) is 44.9 Å². The van der Waals surface area contributed by atoms with Crippen molar-refractivity contribution >= 4 is 17.9 Å². The number of benzene rings is 1. The lowest BCUT2D eigenvalue weighted by atomic mass is 9.92. The molecule has 0 N–H and O–H groups in total. The smallest absolute Gasteiger partial charge is 0.432 e. The number of halogens is 3. The summed E-state index contributed by atoms with van der Waals surface area (Å²) in [6, 6.07) is 6.33. The van der Waals surface area contributed by atoms with Crippen LogP contribution >= 0.6 is 0 Å². The van der Waals surface area contributed by atoms with Crippen LogP contribution in [0, 0.1) is 5.92 Å². The second-order valence-corrected chi connectivity index (χ2v) is 10.1. The van der Waals surface area contributed by atoms with Crippen LogP contribution < -0.4 is 0 Å². The van der Waals surface area contributed by atoms with Crippen molar-refractivity contribution in [1.29, 1.82) is 0 Å². The zero-order valence-electron chi connectivity index (χ0n) is 24.2. The second-order valence-electron chi connectivity index (χ2n) is 10.1. The summed E-state index contributed by atoms with van der Waals surface area (Å²) in [6.07, 6.45) is 1.95. The largest absolute Gasteiger partial charge is 0.462 e. The van der Waals surface area contributed by atoms with Crippen LogP contribution in [0.5, 0.6) is 0 Å².